The molecule has 0 aromatic heterocycles. The third-order valence-corrected chi connectivity index (χ3v) is 5.92. The van der Waals surface area contributed by atoms with Gasteiger partial charge in [-0.25, -0.2) is 4.39 Å². The van der Waals surface area contributed by atoms with Crippen LogP contribution in [0.1, 0.15) is 16.7 Å². The molecule has 0 saturated carbocycles. The summed E-state index contributed by atoms with van der Waals surface area (Å²) in [5.74, 6) is 1.33. The van der Waals surface area contributed by atoms with E-state index in [0.717, 1.165) is 16.7 Å². The summed E-state index contributed by atoms with van der Waals surface area (Å²) in [6.45, 7) is -0.568. The van der Waals surface area contributed by atoms with Crippen molar-refractivity contribution in [3.8, 4) is 11.5 Å². The average molecular weight is 454 g/mol. The van der Waals surface area contributed by atoms with Crippen LogP contribution in [0.3, 0.4) is 0 Å². The number of hydrogen-bond acceptors (Lipinski definition) is 6. The molecule has 1 aliphatic rings. The fourth-order valence-corrected chi connectivity index (χ4v) is 4.14. The monoisotopic (exact) mass is 454 g/mol. The molecule has 4 rings (SSSR count). The average Bonchev–Trinajstić information content (AvgIpc) is 3.15. The van der Waals surface area contributed by atoms with Gasteiger partial charge in [-0.05, 0) is 41.0 Å². The zero-order chi connectivity index (χ0) is 23.4. The molecule has 1 aliphatic heterocycles. The lowest BCUT2D eigenvalue weighted by Gasteiger charge is -2.38. The van der Waals surface area contributed by atoms with E-state index in [1.807, 2.05) is 54.6 Å². The fourth-order valence-electron chi connectivity index (χ4n) is 4.14. The van der Waals surface area contributed by atoms with Crippen molar-refractivity contribution >= 4 is 0 Å². The van der Waals surface area contributed by atoms with Gasteiger partial charge in [0.05, 0.1) is 20.8 Å². The number of benzene rings is 3. The van der Waals surface area contributed by atoms with Crippen LogP contribution in [-0.4, -0.2) is 55.7 Å². The lowest BCUT2D eigenvalue weighted by molar-refractivity contribution is -0.210. The summed E-state index contributed by atoms with van der Waals surface area (Å²) in [7, 11) is 3.16. The number of methoxy groups -OCH3 is 2. The molecular weight excluding hydrogens is 427 g/mol. The first-order valence-electron chi connectivity index (χ1n) is 10.6. The number of aliphatic hydroxyl groups is 2. The largest absolute Gasteiger partial charge is 0.497 e. The molecule has 6 nitrogen and oxygen atoms in total. The molecule has 0 radical (unpaired) electrons. The number of aliphatic hydroxyl groups excluding tert-OH is 2. The summed E-state index contributed by atoms with van der Waals surface area (Å²) in [5, 5.41) is 20.0. The van der Waals surface area contributed by atoms with Crippen LogP contribution in [0, 0.1) is 0 Å². The van der Waals surface area contributed by atoms with E-state index in [1.165, 1.54) is 0 Å². The molecule has 1 heterocycles. The molecule has 33 heavy (non-hydrogen) atoms. The van der Waals surface area contributed by atoms with Crippen LogP contribution < -0.4 is 9.47 Å². The van der Waals surface area contributed by atoms with E-state index in [2.05, 4.69) is 0 Å². The topological polar surface area (TPSA) is 77.4 Å². The zero-order valence-corrected chi connectivity index (χ0v) is 18.4. The number of rotatable bonds is 8. The van der Waals surface area contributed by atoms with Gasteiger partial charge in [-0.3, -0.25) is 0 Å². The highest BCUT2D eigenvalue weighted by Gasteiger charge is 2.50. The first-order chi connectivity index (χ1) is 16.0. The van der Waals surface area contributed by atoms with Gasteiger partial charge in [0.2, 0.25) is 0 Å². The van der Waals surface area contributed by atoms with Crippen molar-refractivity contribution < 1.29 is 33.6 Å². The Morgan fingerprint density at radius 2 is 1.30 bits per heavy atom. The van der Waals surface area contributed by atoms with Crippen LogP contribution in [-0.2, 0) is 15.1 Å². The fraction of sp³-hybridized carbons (Fsp3) is 0.308. The van der Waals surface area contributed by atoms with E-state index in [9.17, 15) is 14.6 Å². The van der Waals surface area contributed by atoms with Gasteiger partial charge in [0, 0.05) is 0 Å². The second-order valence-electron chi connectivity index (χ2n) is 7.78. The SMILES string of the molecule is COc1ccc(C(O[C@@H]2O[C@H](CO)[C@H](F)[C@H]2O)(c2ccccc2)c2ccc(OC)cc2)cc1. The minimum absolute atomic E-state index is 0.568. The van der Waals surface area contributed by atoms with Gasteiger partial charge in [-0.1, -0.05) is 54.6 Å². The Morgan fingerprint density at radius 1 is 0.818 bits per heavy atom. The molecule has 0 unspecified atom stereocenters. The highest BCUT2D eigenvalue weighted by molar-refractivity contribution is 5.49. The normalized spacial score (nSPS) is 22.8. The Morgan fingerprint density at radius 3 is 1.73 bits per heavy atom. The number of halogens is 1. The first kappa shape index (κ1) is 23.2. The maximum atomic E-state index is 14.6. The van der Waals surface area contributed by atoms with Crippen LogP contribution in [0.15, 0.2) is 78.9 Å². The van der Waals surface area contributed by atoms with Crippen molar-refractivity contribution in [2.24, 2.45) is 0 Å². The maximum absolute atomic E-state index is 14.6. The second kappa shape index (κ2) is 9.89. The smallest absolute Gasteiger partial charge is 0.188 e. The molecule has 3 aromatic rings. The lowest BCUT2D eigenvalue weighted by atomic mass is 9.80. The maximum Gasteiger partial charge on any atom is 0.188 e. The van der Waals surface area contributed by atoms with Crippen molar-refractivity contribution in [2.75, 3.05) is 20.8 Å². The Labute approximate surface area is 192 Å². The van der Waals surface area contributed by atoms with Gasteiger partial charge in [-0.15, -0.1) is 0 Å². The highest BCUT2D eigenvalue weighted by Crippen LogP contribution is 2.44. The van der Waals surface area contributed by atoms with Crippen molar-refractivity contribution in [3.63, 3.8) is 0 Å². The van der Waals surface area contributed by atoms with E-state index in [4.69, 9.17) is 18.9 Å². The van der Waals surface area contributed by atoms with Crippen LogP contribution in [0.2, 0.25) is 0 Å². The van der Waals surface area contributed by atoms with E-state index in [-0.39, 0.29) is 0 Å². The van der Waals surface area contributed by atoms with Gasteiger partial charge in [0.15, 0.2) is 12.5 Å². The van der Waals surface area contributed by atoms with Gasteiger partial charge in [-0.2, -0.15) is 0 Å². The molecule has 0 amide bonds. The lowest BCUT2D eigenvalue weighted by Crippen LogP contribution is -2.41. The Balaban J connectivity index is 1.91. The van der Waals surface area contributed by atoms with E-state index in [0.29, 0.717) is 11.5 Å². The minimum Gasteiger partial charge on any atom is -0.497 e. The summed E-state index contributed by atoms with van der Waals surface area (Å²) >= 11 is 0. The Hall–Kier alpha value is -2.97. The molecule has 2 N–H and O–H groups in total. The minimum atomic E-state index is -1.78. The molecule has 174 valence electrons. The summed E-state index contributed by atoms with van der Waals surface area (Å²) in [6, 6.07) is 24.1. The predicted octanol–water partition coefficient (Wildman–Crippen LogP) is 3.43. The van der Waals surface area contributed by atoms with Crippen LogP contribution >= 0.6 is 0 Å². The number of ether oxygens (including phenoxy) is 4. The van der Waals surface area contributed by atoms with Crippen LogP contribution in [0.4, 0.5) is 4.39 Å². The van der Waals surface area contributed by atoms with E-state index in [1.54, 1.807) is 38.5 Å². The van der Waals surface area contributed by atoms with Gasteiger partial charge in [0.1, 0.15) is 29.3 Å². The third kappa shape index (κ3) is 4.32. The molecule has 1 fully saturated rings. The van der Waals surface area contributed by atoms with Crippen molar-refractivity contribution in [2.45, 2.75) is 30.3 Å². The molecule has 0 spiro atoms. The summed E-state index contributed by atoms with van der Waals surface area (Å²) in [4.78, 5) is 0. The summed E-state index contributed by atoms with van der Waals surface area (Å²) in [6.07, 6.45) is -5.84. The number of alkyl halides is 1. The second-order valence-corrected chi connectivity index (χ2v) is 7.78. The van der Waals surface area contributed by atoms with Gasteiger partial charge < -0.3 is 29.2 Å². The molecule has 7 heteroatoms. The molecule has 1 saturated heterocycles. The Bertz CT molecular complexity index is 977. The molecule has 4 atom stereocenters. The molecule has 0 aliphatic carbocycles. The zero-order valence-electron chi connectivity index (χ0n) is 18.4. The van der Waals surface area contributed by atoms with E-state index < -0.39 is 36.9 Å². The number of hydrogen-bond donors (Lipinski definition) is 2. The van der Waals surface area contributed by atoms with Crippen molar-refractivity contribution in [1.82, 2.24) is 0 Å². The standard InChI is InChI=1S/C26H27FO6/c1-30-20-12-8-18(9-13-20)26(17-6-4-3-5-7-17,19-10-14-21(31-2)15-11-19)33-25-24(29)23(27)22(16-28)32-25/h3-15,22-25,28-29H,16H2,1-2H3/t22-,23+,24-,25+/m1/s1. The van der Waals surface area contributed by atoms with Crippen molar-refractivity contribution in [1.29, 1.82) is 0 Å². The van der Waals surface area contributed by atoms with Gasteiger partial charge >= 0.3 is 0 Å². The molecule has 3 aromatic carbocycles. The van der Waals surface area contributed by atoms with Crippen LogP contribution in [0.25, 0.3) is 0 Å². The first-order valence-corrected chi connectivity index (χ1v) is 10.6. The van der Waals surface area contributed by atoms with Crippen LogP contribution in [0.5, 0.6) is 11.5 Å². The molecular formula is C26H27FO6. The van der Waals surface area contributed by atoms with Crippen molar-refractivity contribution in [3.05, 3.63) is 95.6 Å². The molecule has 0 bridgehead atoms. The predicted molar refractivity (Wildman–Crippen MR) is 120 cm³/mol. The van der Waals surface area contributed by atoms with Gasteiger partial charge in [0.25, 0.3) is 0 Å². The van der Waals surface area contributed by atoms with E-state index >= 15 is 0 Å². The highest BCUT2D eigenvalue weighted by atomic mass is 19.1. The summed E-state index contributed by atoms with van der Waals surface area (Å²) in [5.41, 5.74) is 0.922. The third-order valence-electron chi connectivity index (χ3n) is 5.92. The Kier molecular flexibility index (Phi) is 6.95. The quantitative estimate of drug-likeness (QED) is 0.508. The summed E-state index contributed by atoms with van der Waals surface area (Å²) < 4.78 is 37.3.